The zero-order chi connectivity index (χ0) is 9.26. The van der Waals surface area contributed by atoms with E-state index in [0.29, 0.717) is 11.0 Å². The molecule has 0 saturated heterocycles. The van der Waals surface area contributed by atoms with Crippen molar-refractivity contribution < 1.29 is 4.79 Å². The molecule has 1 amide bonds. The van der Waals surface area contributed by atoms with Crippen LogP contribution in [0.15, 0.2) is 24.7 Å². The summed E-state index contributed by atoms with van der Waals surface area (Å²) in [4.78, 5) is 22.6. The SMILES string of the molecule is NC(=O)c1ncnc2ncccc12. The molecule has 5 nitrogen and oxygen atoms in total. The Morgan fingerprint density at radius 1 is 1.31 bits per heavy atom. The lowest BCUT2D eigenvalue weighted by Gasteiger charge is -1.98. The molecule has 0 aliphatic rings. The van der Waals surface area contributed by atoms with Crippen molar-refractivity contribution in [2.75, 3.05) is 0 Å². The number of carbonyl (C=O) groups excluding carboxylic acids is 1. The topological polar surface area (TPSA) is 81.8 Å². The molecular weight excluding hydrogens is 168 g/mol. The van der Waals surface area contributed by atoms with E-state index in [1.54, 1.807) is 18.3 Å². The van der Waals surface area contributed by atoms with Gasteiger partial charge in [-0.2, -0.15) is 0 Å². The summed E-state index contributed by atoms with van der Waals surface area (Å²) in [7, 11) is 0. The number of hydrogen-bond acceptors (Lipinski definition) is 4. The smallest absolute Gasteiger partial charge is 0.268 e. The molecule has 0 unspecified atom stereocenters. The van der Waals surface area contributed by atoms with Crippen LogP contribution in [0.25, 0.3) is 11.0 Å². The molecule has 0 fully saturated rings. The second-order valence-electron chi connectivity index (χ2n) is 2.46. The van der Waals surface area contributed by atoms with Gasteiger partial charge in [0.05, 0.1) is 5.39 Å². The minimum absolute atomic E-state index is 0.207. The van der Waals surface area contributed by atoms with Gasteiger partial charge in [-0.05, 0) is 12.1 Å². The molecule has 2 rings (SSSR count). The fraction of sp³-hybridized carbons (Fsp3) is 0. The molecule has 2 aromatic rings. The highest BCUT2D eigenvalue weighted by Crippen LogP contribution is 2.10. The van der Waals surface area contributed by atoms with Gasteiger partial charge in [-0.15, -0.1) is 0 Å². The van der Waals surface area contributed by atoms with E-state index in [-0.39, 0.29) is 5.69 Å². The summed E-state index contributed by atoms with van der Waals surface area (Å²) >= 11 is 0. The predicted octanol–water partition coefficient (Wildman–Crippen LogP) is 0.124. The van der Waals surface area contributed by atoms with Gasteiger partial charge in [0.2, 0.25) is 0 Å². The molecule has 0 aliphatic carbocycles. The summed E-state index contributed by atoms with van der Waals surface area (Å²) in [5, 5.41) is 0.581. The third-order valence-electron chi connectivity index (χ3n) is 1.64. The molecule has 13 heavy (non-hydrogen) atoms. The van der Waals surface area contributed by atoms with E-state index in [1.165, 1.54) is 6.33 Å². The van der Waals surface area contributed by atoms with E-state index in [0.717, 1.165) is 0 Å². The van der Waals surface area contributed by atoms with Crippen LogP contribution in [0.1, 0.15) is 10.5 Å². The standard InChI is InChI=1S/C8H6N4O/c9-7(13)6-5-2-1-3-10-8(5)12-4-11-6/h1-4H,(H2,9,13). The van der Waals surface area contributed by atoms with Crippen LogP contribution < -0.4 is 5.73 Å². The van der Waals surface area contributed by atoms with Crippen molar-refractivity contribution >= 4 is 16.9 Å². The fourth-order valence-electron chi connectivity index (χ4n) is 1.09. The highest BCUT2D eigenvalue weighted by molar-refractivity contribution is 6.02. The number of aromatic nitrogens is 3. The molecule has 0 radical (unpaired) electrons. The van der Waals surface area contributed by atoms with Gasteiger partial charge in [-0.1, -0.05) is 0 Å². The molecule has 0 spiro atoms. The van der Waals surface area contributed by atoms with Crippen LogP contribution in [0, 0.1) is 0 Å². The van der Waals surface area contributed by atoms with Crippen LogP contribution in [0.5, 0.6) is 0 Å². The molecule has 0 atom stereocenters. The normalized spacial score (nSPS) is 10.2. The summed E-state index contributed by atoms with van der Waals surface area (Å²) in [6, 6.07) is 3.42. The van der Waals surface area contributed by atoms with Gasteiger partial charge in [-0.3, -0.25) is 4.79 Å². The van der Waals surface area contributed by atoms with E-state index in [4.69, 9.17) is 5.73 Å². The van der Waals surface area contributed by atoms with Crippen molar-refractivity contribution in [3.05, 3.63) is 30.4 Å². The maximum absolute atomic E-state index is 10.9. The Labute approximate surface area is 73.6 Å². The lowest BCUT2D eigenvalue weighted by atomic mass is 10.2. The summed E-state index contributed by atoms with van der Waals surface area (Å²) in [6.07, 6.45) is 2.87. The van der Waals surface area contributed by atoms with Crippen molar-refractivity contribution in [2.45, 2.75) is 0 Å². The second-order valence-corrected chi connectivity index (χ2v) is 2.46. The Morgan fingerprint density at radius 3 is 2.92 bits per heavy atom. The van der Waals surface area contributed by atoms with E-state index in [9.17, 15) is 4.79 Å². The summed E-state index contributed by atoms with van der Waals surface area (Å²) in [5.74, 6) is -0.569. The first-order valence-electron chi connectivity index (χ1n) is 3.64. The third-order valence-corrected chi connectivity index (χ3v) is 1.64. The van der Waals surface area contributed by atoms with Crippen LogP contribution in [0.2, 0.25) is 0 Å². The molecule has 2 N–H and O–H groups in total. The van der Waals surface area contributed by atoms with Gasteiger partial charge in [0.25, 0.3) is 5.91 Å². The Hall–Kier alpha value is -2.04. The maximum atomic E-state index is 10.9. The number of fused-ring (bicyclic) bond motifs is 1. The number of amides is 1. The van der Waals surface area contributed by atoms with Gasteiger partial charge in [0, 0.05) is 6.20 Å². The number of carbonyl (C=O) groups is 1. The average molecular weight is 174 g/mol. The second kappa shape index (κ2) is 2.78. The lowest BCUT2D eigenvalue weighted by molar-refractivity contribution is 0.0997. The fourth-order valence-corrected chi connectivity index (χ4v) is 1.09. The number of pyridine rings is 1. The van der Waals surface area contributed by atoms with E-state index in [1.807, 2.05) is 0 Å². The van der Waals surface area contributed by atoms with Crippen molar-refractivity contribution in [3.63, 3.8) is 0 Å². The summed E-state index contributed by atoms with van der Waals surface area (Å²) in [6.45, 7) is 0. The number of hydrogen-bond donors (Lipinski definition) is 1. The zero-order valence-corrected chi connectivity index (χ0v) is 6.64. The molecule has 0 aliphatic heterocycles. The highest BCUT2D eigenvalue weighted by Gasteiger charge is 2.07. The Bertz CT molecular complexity index is 463. The van der Waals surface area contributed by atoms with E-state index < -0.39 is 5.91 Å². The molecule has 0 saturated carbocycles. The predicted molar refractivity (Wildman–Crippen MR) is 45.9 cm³/mol. The lowest BCUT2D eigenvalue weighted by Crippen LogP contribution is -2.13. The largest absolute Gasteiger partial charge is 0.364 e. The van der Waals surface area contributed by atoms with Crippen LogP contribution >= 0.6 is 0 Å². The third kappa shape index (κ3) is 1.20. The molecule has 0 bridgehead atoms. The van der Waals surface area contributed by atoms with Gasteiger partial charge in [-0.25, -0.2) is 15.0 Å². The molecule has 64 valence electrons. The summed E-state index contributed by atoms with van der Waals surface area (Å²) in [5.41, 5.74) is 5.81. The molecule has 2 aromatic heterocycles. The number of nitrogens with zero attached hydrogens (tertiary/aromatic N) is 3. The van der Waals surface area contributed by atoms with Crippen molar-refractivity contribution in [1.82, 2.24) is 15.0 Å². The van der Waals surface area contributed by atoms with Crippen molar-refractivity contribution in [2.24, 2.45) is 5.73 Å². The first-order chi connectivity index (χ1) is 6.29. The van der Waals surface area contributed by atoms with E-state index >= 15 is 0 Å². The Balaban J connectivity index is 2.83. The van der Waals surface area contributed by atoms with Gasteiger partial charge in [0.1, 0.15) is 12.0 Å². The minimum Gasteiger partial charge on any atom is -0.364 e. The van der Waals surface area contributed by atoms with E-state index in [2.05, 4.69) is 15.0 Å². The Kier molecular flexibility index (Phi) is 1.63. The monoisotopic (exact) mass is 174 g/mol. The first-order valence-corrected chi connectivity index (χ1v) is 3.64. The zero-order valence-electron chi connectivity index (χ0n) is 6.64. The van der Waals surface area contributed by atoms with Gasteiger partial charge < -0.3 is 5.73 Å². The first kappa shape index (κ1) is 7.60. The Morgan fingerprint density at radius 2 is 2.15 bits per heavy atom. The van der Waals surface area contributed by atoms with Crippen molar-refractivity contribution in [3.8, 4) is 0 Å². The van der Waals surface area contributed by atoms with Crippen molar-refractivity contribution in [1.29, 1.82) is 0 Å². The molecular formula is C8H6N4O. The quantitative estimate of drug-likeness (QED) is 0.665. The maximum Gasteiger partial charge on any atom is 0.268 e. The number of rotatable bonds is 1. The summed E-state index contributed by atoms with van der Waals surface area (Å²) < 4.78 is 0. The minimum atomic E-state index is -0.569. The number of nitrogens with two attached hydrogens (primary N) is 1. The molecule has 5 heteroatoms. The van der Waals surface area contributed by atoms with Gasteiger partial charge >= 0.3 is 0 Å². The highest BCUT2D eigenvalue weighted by atomic mass is 16.1. The molecule has 2 heterocycles. The van der Waals surface area contributed by atoms with Gasteiger partial charge in [0.15, 0.2) is 5.65 Å². The average Bonchev–Trinajstić information content (AvgIpc) is 2.17. The van der Waals surface area contributed by atoms with Crippen LogP contribution in [-0.2, 0) is 0 Å². The van der Waals surface area contributed by atoms with Crippen LogP contribution in [-0.4, -0.2) is 20.9 Å². The number of primary amides is 1. The molecule has 0 aromatic carbocycles. The van der Waals surface area contributed by atoms with Crippen LogP contribution in [0.3, 0.4) is 0 Å². The van der Waals surface area contributed by atoms with Crippen LogP contribution in [0.4, 0.5) is 0 Å².